The molecule has 12 heteroatoms. The van der Waals surface area contributed by atoms with Crippen LogP contribution in [-0.4, -0.2) is 78.4 Å². The number of hydrogen-bond donors (Lipinski definition) is 2. The molecule has 0 fully saturated rings. The number of aliphatic hydroxyl groups excluding tert-OH is 1. The fraction of sp³-hybridized carbons (Fsp3) is 0.345. The molecule has 3 aromatic rings. The molecule has 1 aromatic heterocycles. The highest BCUT2D eigenvalue weighted by atomic mass is 32.2. The molecule has 218 valence electrons. The van der Waals surface area contributed by atoms with Crippen molar-refractivity contribution < 1.29 is 32.2 Å². The maximum Gasteiger partial charge on any atom is 0.255 e. The van der Waals surface area contributed by atoms with Gasteiger partial charge >= 0.3 is 0 Å². The van der Waals surface area contributed by atoms with Crippen LogP contribution in [0.25, 0.3) is 0 Å². The first kappa shape index (κ1) is 30.1. The van der Waals surface area contributed by atoms with E-state index in [-0.39, 0.29) is 48.7 Å². The minimum atomic E-state index is -3.96. The molecule has 2 aromatic carbocycles. The predicted molar refractivity (Wildman–Crippen MR) is 150 cm³/mol. The molecular weight excluding hydrogens is 551 g/mol. The summed E-state index contributed by atoms with van der Waals surface area (Å²) in [5.74, 6) is -1.10. The maximum absolute atomic E-state index is 13.4. The van der Waals surface area contributed by atoms with Gasteiger partial charge in [0.15, 0.2) is 0 Å². The van der Waals surface area contributed by atoms with Crippen LogP contribution >= 0.6 is 0 Å². The molecule has 0 spiro atoms. The SMILES string of the molecule is C[C@H]1CN([C@@H](C)CO)C(=O)Cc2cc(NC(=O)c3ccncc3)ccc2O[C@@H]1CN(C)S(=O)(=O)c1ccc(F)cc1. The van der Waals surface area contributed by atoms with Crippen molar-refractivity contribution >= 4 is 27.5 Å². The fourth-order valence-corrected chi connectivity index (χ4v) is 5.75. The summed E-state index contributed by atoms with van der Waals surface area (Å²) in [5.41, 5.74) is 1.36. The number of halogens is 1. The van der Waals surface area contributed by atoms with Gasteiger partial charge in [0.2, 0.25) is 15.9 Å². The molecule has 1 aliphatic heterocycles. The summed E-state index contributed by atoms with van der Waals surface area (Å²) < 4.78 is 47.4. The topological polar surface area (TPSA) is 129 Å². The summed E-state index contributed by atoms with van der Waals surface area (Å²) in [5, 5.41) is 12.7. The minimum absolute atomic E-state index is 0.0538. The van der Waals surface area contributed by atoms with E-state index in [1.54, 1.807) is 42.2 Å². The normalized spacial score (nSPS) is 18.5. The van der Waals surface area contributed by atoms with Crippen molar-refractivity contribution in [1.29, 1.82) is 0 Å². The van der Waals surface area contributed by atoms with Gasteiger partial charge < -0.3 is 20.1 Å². The van der Waals surface area contributed by atoms with Gasteiger partial charge in [-0.05, 0) is 61.5 Å². The number of aromatic nitrogens is 1. The third-order valence-electron chi connectivity index (χ3n) is 7.08. The van der Waals surface area contributed by atoms with E-state index >= 15 is 0 Å². The molecule has 2 N–H and O–H groups in total. The lowest BCUT2D eigenvalue weighted by molar-refractivity contribution is -0.134. The Morgan fingerprint density at radius 1 is 1.20 bits per heavy atom. The number of fused-ring (bicyclic) bond motifs is 1. The first-order chi connectivity index (χ1) is 19.5. The van der Waals surface area contributed by atoms with E-state index in [4.69, 9.17) is 4.74 Å². The number of anilines is 1. The van der Waals surface area contributed by atoms with Crippen molar-refractivity contribution in [2.75, 3.05) is 32.1 Å². The number of carbonyl (C=O) groups excluding carboxylic acids is 2. The number of sulfonamides is 1. The first-order valence-corrected chi connectivity index (χ1v) is 14.6. The van der Waals surface area contributed by atoms with Crippen molar-refractivity contribution in [2.45, 2.75) is 37.3 Å². The van der Waals surface area contributed by atoms with Crippen LogP contribution in [0.3, 0.4) is 0 Å². The van der Waals surface area contributed by atoms with Crippen molar-refractivity contribution in [1.82, 2.24) is 14.2 Å². The molecule has 0 radical (unpaired) electrons. The lowest BCUT2D eigenvalue weighted by atomic mass is 10.0. The van der Waals surface area contributed by atoms with Crippen LogP contribution in [0.4, 0.5) is 10.1 Å². The predicted octanol–water partition coefficient (Wildman–Crippen LogP) is 2.94. The molecule has 1 aliphatic rings. The second-order valence-electron chi connectivity index (χ2n) is 10.1. The van der Waals surface area contributed by atoms with Crippen molar-refractivity contribution in [3.8, 4) is 5.75 Å². The number of rotatable bonds is 8. The van der Waals surface area contributed by atoms with Gasteiger partial charge in [0.1, 0.15) is 17.7 Å². The average molecular weight is 585 g/mol. The number of benzene rings is 2. The Labute approximate surface area is 238 Å². The Balaban J connectivity index is 1.65. The van der Waals surface area contributed by atoms with Crippen LogP contribution in [0.5, 0.6) is 5.75 Å². The van der Waals surface area contributed by atoms with Gasteiger partial charge in [0.05, 0.1) is 30.5 Å². The molecule has 0 aliphatic carbocycles. The number of likely N-dealkylation sites (N-methyl/N-ethyl adjacent to an activating group) is 1. The quantitative estimate of drug-likeness (QED) is 0.417. The molecule has 41 heavy (non-hydrogen) atoms. The fourth-order valence-electron chi connectivity index (χ4n) is 4.57. The molecule has 10 nitrogen and oxygen atoms in total. The summed E-state index contributed by atoms with van der Waals surface area (Å²) in [6.07, 6.45) is 2.28. The molecule has 4 rings (SSSR count). The highest BCUT2D eigenvalue weighted by molar-refractivity contribution is 7.89. The Morgan fingerprint density at radius 2 is 1.88 bits per heavy atom. The van der Waals surface area contributed by atoms with Gasteiger partial charge in [-0.2, -0.15) is 4.31 Å². The average Bonchev–Trinajstić information content (AvgIpc) is 3.00. The number of hydrogen-bond acceptors (Lipinski definition) is 7. The van der Waals surface area contributed by atoms with Crippen molar-refractivity contribution in [2.24, 2.45) is 5.92 Å². The van der Waals surface area contributed by atoms with Crippen LogP contribution in [-0.2, 0) is 21.2 Å². The largest absolute Gasteiger partial charge is 0.488 e. The van der Waals surface area contributed by atoms with Gasteiger partial charge in [-0.25, -0.2) is 12.8 Å². The lowest BCUT2D eigenvalue weighted by Crippen LogP contribution is -2.48. The van der Waals surface area contributed by atoms with Crippen LogP contribution in [0.2, 0.25) is 0 Å². The van der Waals surface area contributed by atoms with Crippen LogP contribution in [0, 0.1) is 11.7 Å². The first-order valence-electron chi connectivity index (χ1n) is 13.1. The van der Waals surface area contributed by atoms with Crippen molar-refractivity contribution in [3.05, 3.63) is 83.9 Å². The molecule has 2 amide bonds. The van der Waals surface area contributed by atoms with Crippen molar-refractivity contribution in [3.63, 3.8) is 0 Å². The Morgan fingerprint density at radius 3 is 2.54 bits per heavy atom. The zero-order chi connectivity index (χ0) is 29.7. The zero-order valence-corrected chi connectivity index (χ0v) is 23.8. The van der Waals surface area contributed by atoms with E-state index in [1.165, 1.54) is 31.6 Å². The second kappa shape index (κ2) is 12.8. The number of aliphatic hydroxyl groups is 1. The van der Waals surface area contributed by atoms with Gasteiger partial charge in [-0.1, -0.05) is 6.92 Å². The number of nitrogens with zero attached hydrogens (tertiary/aromatic N) is 3. The highest BCUT2D eigenvalue weighted by Gasteiger charge is 2.33. The molecule has 3 atom stereocenters. The summed E-state index contributed by atoms with van der Waals surface area (Å²) in [7, 11) is -2.55. The third kappa shape index (κ3) is 7.07. The van der Waals surface area contributed by atoms with Crippen LogP contribution in [0.1, 0.15) is 29.8 Å². The standard InChI is InChI=1S/C29H33FN4O6S/c1-19-16-34(20(2)18-35)28(36)15-22-14-24(32-29(37)21-10-12-31-13-11-21)6-9-26(22)40-27(19)17-33(3)41(38,39)25-7-4-23(30)5-8-25/h4-14,19-20,27,35H,15-18H2,1-3H3,(H,32,37)/t19-,20-,27+/m0/s1. The monoisotopic (exact) mass is 584 g/mol. The van der Waals surface area contributed by atoms with Gasteiger partial charge in [0.25, 0.3) is 5.91 Å². The third-order valence-corrected chi connectivity index (χ3v) is 8.91. The van der Waals surface area contributed by atoms with E-state index in [0.717, 1.165) is 16.4 Å². The zero-order valence-electron chi connectivity index (χ0n) is 23.0. The number of amides is 2. The number of pyridine rings is 1. The minimum Gasteiger partial charge on any atom is -0.488 e. The Kier molecular flexibility index (Phi) is 9.36. The molecule has 0 bridgehead atoms. The number of nitrogens with one attached hydrogen (secondary N) is 1. The number of ether oxygens (including phenoxy) is 1. The summed E-state index contributed by atoms with van der Waals surface area (Å²) in [4.78, 5) is 31.5. The molecule has 0 unspecified atom stereocenters. The van der Waals surface area contributed by atoms with E-state index in [2.05, 4.69) is 10.3 Å². The Hall–Kier alpha value is -3.87. The van der Waals surface area contributed by atoms with E-state index in [9.17, 15) is 27.5 Å². The van der Waals surface area contributed by atoms with Gasteiger partial charge in [0, 0.05) is 48.7 Å². The highest BCUT2D eigenvalue weighted by Crippen LogP contribution is 2.30. The smallest absolute Gasteiger partial charge is 0.255 e. The number of carbonyl (C=O) groups is 2. The van der Waals surface area contributed by atoms with Crippen LogP contribution in [0.15, 0.2) is 71.9 Å². The molecule has 0 saturated carbocycles. The molecule has 2 heterocycles. The van der Waals surface area contributed by atoms with E-state index in [1.807, 2.05) is 6.92 Å². The molecular formula is C29H33FN4O6S. The maximum atomic E-state index is 13.4. The summed E-state index contributed by atoms with van der Waals surface area (Å²) in [6, 6.07) is 12.2. The second-order valence-corrected chi connectivity index (χ2v) is 12.2. The summed E-state index contributed by atoms with van der Waals surface area (Å²) >= 11 is 0. The lowest BCUT2D eigenvalue weighted by Gasteiger charge is -2.33. The van der Waals surface area contributed by atoms with Crippen LogP contribution < -0.4 is 10.1 Å². The van der Waals surface area contributed by atoms with E-state index in [0.29, 0.717) is 22.6 Å². The molecule has 0 saturated heterocycles. The van der Waals surface area contributed by atoms with E-state index < -0.39 is 28.0 Å². The van der Waals surface area contributed by atoms with Gasteiger partial charge in [-0.15, -0.1) is 0 Å². The Bertz CT molecular complexity index is 1490. The summed E-state index contributed by atoms with van der Waals surface area (Å²) in [6.45, 7) is 3.49. The van der Waals surface area contributed by atoms with Gasteiger partial charge in [-0.3, -0.25) is 14.6 Å².